The molecule has 0 fully saturated rings. The molecule has 0 bridgehead atoms. The second-order valence-corrected chi connectivity index (χ2v) is 4.44. The predicted octanol–water partition coefficient (Wildman–Crippen LogP) is 3.73. The number of nitrogens with two attached hydrogens (primary N) is 1. The molecule has 0 aliphatic heterocycles. The molecule has 0 atom stereocenters. The lowest BCUT2D eigenvalue weighted by Gasteiger charge is -2.10. The Hall–Kier alpha value is -2.28. The zero-order valence-corrected chi connectivity index (χ0v) is 10.9. The Bertz CT molecular complexity index is 710. The fourth-order valence-corrected chi connectivity index (χ4v) is 1.78. The van der Waals surface area contributed by atoms with Crippen molar-refractivity contribution in [2.75, 3.05) is 11.1 Å². The normalized spacial score (nSPS) is 10.5. The molecule has 0 aromatic heterocycles. The van der Waals surface area contributed by atoms with E-state index in [2.05, 4.69) is 0 Å². The molecule has 0 unspecified atom stereocenters. The number of hydrogen-bond acceptors (Lipinski definition) is 2. The van der Waals surface area contributed by atoms with Gasteiger partial charge in [-0.25, -0.2) is 17.6 Å². The predicted molar refractivity (Wildman–Crippen MR) is 70.1 cm³/mol. The Balaban J connectivity index is 2.43. The maximum Gasteiger partial charge on any atom is 0.257 e. The molecule has 2 rings (SSSR count). The minimum absolute atomic E-state index is 0.0355. The van der Waals surface area contributed by atoms with Crippen LogP contribution in [0, 0.1) is 23.3 Å². The Morgan fingerprint density at radius 1 is 1.05 bits per heavy atom. The van der Waals surface area contributed by atoms with Gasteiger partial charge in [0.1, 0.15) is 5.69 Å². The van der Waals surface area contributed by atoms with Crippen LogP contribution in [0.2, 0.25) is 5.02 Å². The molecule has 3 nitrogen and oxygen atoms in total. The molecule has 0 saturated heterocycles. The fraction of sp³-hybridized carbons (Fsp3) is 0. The monoisotopic (exact) mass is 318 g/mol. The summed E-state index contributed by atoms with van der Waals surface area (Å²) in [6, 6.07) is 3.89. The van der Waals surface area contributed by atoms with E-state index in [1.165, 1.54) is 12.1 Å². The SMILES string of the molecule is Nc1ccc(Cl)c(C(=O)Nc2c(F)c(F)cc(F)c2F)c1. The first kappa shape index (κ1) is 15.1. The second kappa shape index (κ2) is 5.61. The van der Waals surface area contributed by atoms with E-state index in [9.17, 15) is 22.4 Å². The Labute approximate surface area is 121 Å². The zero-order chi connectivity index (χ0) is 15.7. The standard InChI is InChI=1S/C13H7ClF4N2O/c14-7-2-1-5(19)3-6(7)13(21)20-12-10(17)8(15)4-9(16)11(12)18/h1-4H,19H2,(H,20,21). The van der Waals surface area contributed by atoms with Crippen molar-refractivity contribution in [1.29, 1.82) is 0 Å². The third kappa shape index (κ3) is 2.92. The van der Waals surface area contributed by atoms with Crippen LogP contribution in [0.15, 0.2) is 24.3 Å². The van der Waals surface area contributed by atoms with Gasteiger partial charge in [-0.05, 0) is 18.2 Å². The molecule has 0 saturated carbocycles. The van der Waals surface area contributed by atoms with E-state index >= 15 is 0 Å². The van der Waals surface area contributed by atoms with Gasteiger partial charge in [0.05, 0.1) is 10.6 Å². The van der Waals surface area contributed by atoms with Gasteiger partial charge in [-0.1, -0.05) is 11.6 Å². The molecule has 2 aromatic carbocycles. The van der Waals surface area contributed by atoms with Gasteiger partial charge in [0.2, 0.25) is 0 Å². The topological polar surface area (TPSA) is 55.1 Å². The second-order valence-electron chi connectivity index (χ2n) is 4.04. The van der Waals surface area contributed by atoms with E-state index in [1.54, 1.807) is 5.32 Å². The number of rotatable bonds is 2. The van der Waals surface area contributed by atoms with E-state index in [0.717, 1.165) is 6.07 Å². The highest BCUT2D eigenvalue weighted by molar-refractivity contribution is 6.34. The van der Waals surface area contributed by atoms with Crippen molar-refractivity contribution in [1.82, 2.24) is 0 Å². The van der Waals surface area contributed by atoms with Crippen LogP contribution < -0.4 is 11.1 Å². The quantitative estimate of drug-likeness (QED) is 0.503. The van der Waals surface area contributed by atoms with Gasteiger partial charge < -0.3 is 11.1 Å². The van der Waals surface area contributed by atoms with Gasteiger partial charge >= 0.3 is 0 Å². The zero-order valence-electron chi connectivity index (χ0n) is 10.2. The van der Waals surface area contributed by atoms with Crippen LogP contribution in [-0.4, -0.2) is 5.91 Å². The molecule has 110 valence electrons. The first-order chi connectivity index (χ1) is 9.81. The summed E-state index contributed by atoms with van der Waals surface area (Å²) in [5.41, 5.74) is 4.20. The van der Waals surface area contributed by atoms with Gasteiger partial charge in [-0.3, -0.25) is 4.79 Å². The first-order valence-corrected chi connectivity index (χ1v) is 5.88. The van der Waals surface area contributed by atoms with E-state index < -0.39 is 34.9 Å². The lowest BCUT2D eigenvalue weighted by Crippen LogP contribution is -2.16. The summed E-state index contributed by atoms with van der Waals surface area (Å²) in [5, 5.41) is 1.69. The largest absolute Gasteiger partial charge is 0.399 e. The van der Waals surface area contributed by atoms with Crippen molar-refractivity contribution in [2.24, 2.45) is 0 Å². The van der Waals surface area contributed by atoms with Crippen LogP contribution in [0.25, 0.3) is 0 Å². The Morgan fingerprint density at radius 2 is 1.62 bits per heavy atom. The number of amides is 1. The van der Waals surface area contributed by atoms with E-state index in [4.69, 9.17) is 17.3 Å². The molecule has 0 spiro atoms. The third-order valence-electron chi connectivity index (χ3n) is 2.59. The molecule has 0 heterocycles. The van der Waals surface area contributed by atoms with Crippen molar-refractivity contribution in [3.8, 4) is 0 Å². The average molecular weight is 319 g/mol. The summed E-state index contributed by atoms with van der Waals surface area (Å²) in [7, 11) is 0. The minimum Gasteiger partial charge on any atom is -0.399 e. The summed E-state index contributed by atoms with van der Waals surface area (Å²) < 4.78 is 53.0. The molecular formula is C13H7ClF4N2O. The summed E-state index contributed by atoms with van der Waals surface area (Å²) in [4.78, 5) is 11.9. The van der Waals surface area contributed by atoms with Gasteiger partial charge in [-0.2, -0.15) is 0 Å². The van der Waals surface area contributed by atoms with Gasteiger partial charge in [0.25, 0.3) is 5.91 Å². The number of nitrogens with one attached hydrogen (secondary N) is 1. The van der Waals surface area contributed by atoms with Crippen molar-refractivity contribution in [3.63, 3.8) is 0 Å². The number of benzene rings is 2. The van der Waals surface area contributed by atoms with Gasteiger partial charge in [-0.15, -0.1) is 0 Å². The van der Waals surface area contributed by atoms with Crippen LogP contribution in [0.3, 0.4) is 0 Å². The maximum atomic E-state index is 13.4. The molecule has 1 amide bonds. The Kier molecular flexibility index (Phi) is 4.04. The number of anilines is 2. The first-order valence-electron chi connectivity index (χ1n) is 5.50. The molecule has 3 N–H and O–H groups in total. The van der Waals surface area contributed by atoms with Crippen LogP contribution in [0.5, 0.6) is 0 Å². The molecule has 0 aliphatic carbocycles. The van der Waals surface area contributed by atoms with Gasteiger partial charge in [0, 0.05) is 11.8 Å². The molecule has 0 radical (unpaired) electrons. The lowest BCUT2D eigenvalue weighted by atomic mass is 10.1. The molecule has 21 heavy (non-hydrogen) atoms. The highest BCUT2D eigenvalue weighted by Crippen LogP contribution is 2.26. The number of halogens is 5. The lowest BCUT2D eigenvalue weighted by molar-refractivity contribution is 0.102. The van der Waals surface area contributed by atoms with Crippen molar-refractivity contribution < 1.29 is 22.4 Å². The van der Waals surface area contributed by atoms with E-state index in [0.29, 0.717) is 0 Å². The molecule has 2 aromatic rings. The smallest absolute Gasteiger partial charge is 0.257 e. The number of carbonyl (C=O) groups is 1. The van der Waals surface area contributed by atoms with Gasteiger partial charge in [0.15, 0.2) is 23.3 Å². The summed E-state index contributed by atoms with van der Waals surface area (Å²) in [6.07, 6.45) is 0. The summed E-state index contributed by atoms with van der Waals surface area (Å²) in [5.74, 6) is -7.77. The number of nitrogen functional groups attached to an aromatic ring is 1. The fourth-order valence-electron chi connectivity index (χ4n) is 1.58. The highest BCUT2D eigenvalue weighted by atomic mass is 35.5. The number of hydrogen-bond donors (Lipinski definition) is 2. The average Bonchev–Trinajstić information content (AvgIpc) is 2.43. The minimum atomic E-state index is -1.72. The van der Waals surface area contributed by atoms with Crippen LogP contribution in [0.4, 0.5) is 28.9 Å². The van der Waals surface area contributed by atoms with Crippen molar-refractivity contribution in [2.45, 2.75) is 0 Å². The number of carbonyl (C=O) groups excluding carboxylic acids is 1. The maximum absolute atomic E-state index is 13.4. The van der Waals surface area contributed by atoms with Crippen LogP contribution >= 0.6 is 11.6 Å². The van der Waals surface area contributed by atoms with E-state index in [1.807, 2.05) is 0 Å². The molecule has 0 aliphatic rings. The molecular weight excluding hydrogens is 312 g/mol. The summed E-state index contributed by atoms with van der Waals surface area (Å²) in [6.45, 7) is 0. The third-order valence-corrected chi connectivity index (χ3v) is 2.91. The molecule has 8 heteroatoms. The highest BCUT2D eigenvalue weighted by Gasteiger charge is 2.22. The van der Waals surface area contributed by atoms with Crippen molar-refractivity contribution >= 4 is 28.9 Å². The van der Waals surface area contributed by atoms with Crippen molar-refractivity contribution in [3.05, 3.63) is 58.1 Å². The van der Waals surface area contributed by atoms with E-state index in [-0.39, 0.29) is 22.3 Å². The summed E-state index contributed by atoms with van der Waals surface area (Å²) >= 11 is 5.75. The van der Waals surface area contributed by atoms with Crippen LogP contribution in [0.1, 0.15) is 10.4 Å². The van der Waals surface area contributed by atoms with Crippen LogP contribution in [-0.2, 0) is 0 Å². The Morgan fingerprint density at radius 3 is 2.19 bits per heavy atom.